The van der Waals surface area contributed by atoms with Crippen molar-refractivity contribution in [2.24, 2.45) is 0 Å². The van der Waals surface area contributed by atoms with Gasteiger partial charge in [0.2, 0.25) is 0 Å². The fourth-order valence-electron chi connectivity index (χ4n) is 2.63. The molecule has 0 saturated carbocycles. The highest BCUT2D eigenvalue weighted by Gasteiger charge is 2.43. The van der Waals surface area contributed by atoms with Gasteiger partial charge in [-0.05, 0) is 48.9 Å². The molecule has 0 radical (unpaired) electrons. The summed E-state index contributed by atoms with van der Waals surface area (Å²) in [6, 6.07) is 13.1. The number of nitrogens with zero attached hydrogens (tertiary/aromatic N) is 2. The highest BCUT2D eigenvalue weighted by Crippen LogP contribution is 2.28. The van der Waals surface area contributed by atoms with Crippen LogP contribution in [-0.4, -0.2) is 22.9 Å². The van der Waals surface area contributed by atoms with E-state index in [1.165, 1.54) is 9.80 Å². The van der Waals surface area contributed by atoms with Crippen molar-refractivity contribution < 1.29 is 9.59 Å². The van der Waals surface area contributed by atoms with Gasteiger partial charge in [0, 0.05) is 15.7 Å². The molecule has 0 spiro atoms. The molecule has 3 rings (SSSR count). The van der Waals surface area contributed by atoms with E-state index in [1.807, 2.05) is 6.07 Å². The van der Waals surface area contributed by atoms with Crippen LogP contribution in [0.1, 0.15) is 12.5 Å². The molecule has 3 amide bonds. The fourth-order valence-corrected chi connectivity index (χ4v) is 2.96. The highest BCUT2D eigenvalue weighted by atomic mass is 35.5. The number of anilines is 1. The van der Waals surface area contributed by atoms with Gasteiger partial charge in [-0.15, -0.1) is 0 Å². The Morgan fingerprint density at radius 1 is 1.00 bits per heavy atom. The maximum absolute atomic E-state index is 12.7. The first-order chi connectivity index (χ1) is 11.0. The zero-order valence-electron chi connectivity index (χ0n) is 12.4. The smallest absolute Gasteiger partial charge is 0.282 e. The maximum Gasteiger partial charge on any atom is 0.332 e. The number of carbonyl (C=O) groups is 2. The molecular weight excluding hydrogens is 335 g/mol. The largest absolute Gasteiger partial charge is 0.332 e. The lowest BCUT2D eigenvalue weighted by Gasteiger charge is -2.19. The molecule has 2 aromatic carbocycles. The Kier molecular flexibility index (Phi) is 4.28. The predicted octanol–water partition coefficient (Wildman–Crippen LogP) is 4.35. The first kappa shape index (κ1) is 15.8. The van der Waals surface area contributed by atoms with Crippen LogP contribution in [0.2, 0.25) is 10.0 Å². The van der Waals surface area contributed by atoms with Gasteiger partial charge in [-0.2, -0.15) is 0 Å². The number of amides is 3. The molecule has 1 saturated heterocycles. The average molecular weight is 349 g/mol. The van der Waals surface area contributed by atoms with E-state index < -0.39 is 6.04 Å². The van der Waals surface area contributed by atoms with E-state index in [1.54, 1.807) is 49.4 Å². The van der Waals surface area contributed by atoms with Gasteiger partial charge >= 0.3 is 6.03 Å². The van der Waals surface area contributed by atoms with E-state index in [0.717, 1.165) is 5.56 Å². The number of hydrogen-bond donors (Lipinski definition) is 0. The summed E-state index contributed by atoms with van der Waals surface area (Å²) >= 11 is 11.8. The van der Waals surface area contributed by atoms with Gasteiger partial charge in [0.25, 0.3) is 5.91 Å². The number of imide groups is 1. The summed E-state index contributed by atoms with van der Waals surface area (Å²) in [5.74, 6) is -0.232. The molecular formula is C17H14Cl2N2O2. The van der Waals surface area contributed by atoms with Crippen LogP contribution < -0.4 is 4.90 Å². The normalized spacial score (nSPS) is 18.0. The summed E-state index contributed by atoms with van der Waals surface area (Å²) < 4.78 is 0. The molecule has 6 heteroatoms. The average Bonchev–Trinajstić information content (AvgIpc) is 2.73. The van der Waals surface area contributed by atoms with Gasteiger partial charge in [-0.1, -0.05) is 35.3 Å². The Bertz CT molecular complexity index is 761. The minimum atomic E-state index is -0.553. The molecule has 118 valence electrons. The second kappa shape index (κ2) is 6.22. The zero-order valence-corrected chi connectivity index (χ0v) is 13.9. The van der Waals surface area contributed by atoms with Crippen molar-refractivity contribution in [3.8, 4) is 0 Å². The molecule has 4 nitrogen and oxygen atoms in total. The lowest BCUT2D eigenvalue weighted by atomic mass is 10.2. The van der Waals surface area contributed by atoms with Crippen LogP contribution in [0.4, 0.5) is 10.5 Å². The van der Waals surface area contributed by atoms with Gasteiger partial charge in [-0.25, -0.2) is 4.79 Å². The molecule has 0 aliphatic carbocycles. The number of urea groups is 1. The Labute approximate surface area is 144 Å². The fraction of sp³-hybridized carbons (Fsp3) is 0.176. The Morgan fingerprint density at radius 2 is 1.70 bits per heavy atom. The summed E-state index contributed by atoms with van der Waals surface area (Å²) in [5.41, 5.74) is 1.46. The van der Waals surface area contributed by atoms with Gasteiger partial charge in [0.05, 0.1) is 6.54 Å². The number of halogens is 2. The molecule has 0 N–H and O–H groups in total. The Hall–Kier alpha value is -2.04. The summed E-state index contributed by atoms with van der Waals surface area (Å²) in [6.07, 6.45) is 0. The van der Waals surface area contributed by atoms with Crippen molar-refractivity contribution in [3.63, 3.8) is 0 Å². The van der Waals surface area contributed by atoms with Crippen molar-refractivity contribution in [1.82, 2.24) is 4.90 Å². The van der Waals surface area contributed by atoms with Crippen molar-refractivity contribution in [1.29, 1.82) is 0 Å². The van der Waals surface area contributed by atoms with Crippen molar-refractivity contribution in [2.75, 3.05) is 4.90 Å². The monoisotopic (exact) mass is 348 g/mol. The lowest BCUT2D eigenvalue weighted by Crippen LogP contribution is -2.33. The van der Waals surface area contributed by atoms with Crippen molar-refractivity contribution in [2.45, 2.75) is 19.5 Å². The van der Waals surface area contributed by atoms with E-state index in [9.17, 15) is 9.59 Å². The van der Waals surface area contributed by atoms with Gasteiger partial charge in [0.1, 0.15) is 6.04 Å². The van der Waals surface area contributed by atoms with Crippen LogP contribution in [-0.2, 0) is 11.3 Å². The lowest BCUT2D eigenvalue weighted by molar-refractivity contribution is -0.127. The number of rotatable bonds is 3. The van der Waals surface area contributed by atoms with Crippen LogP contribution >= 0.6 is 23.2 Å². The maximum atomic E-state index is 12.7. The Balaban J connectivity index is 1.87. The summed E-state index contributed by atoms with van der Waals surface area (Å²) in [5, 5.41) is 1.15. The van der Waals surface area contributed by atoms with Crippen LogP contribution in [0.5, 0.6) is 0 Å². The van der Waals surface area contributed by atoms with E-state index in [4.69, 9.17) is 23.2 Å². The first-order valence-corrected chi connectivity index (χ1v) is 7.87. The second-order valence-electron chi connectivity index (χ2n) is 5.36. The Morgan fingerprint density at radius 3 is 2.35 bits per heavy atom. The molecule has 0 unspecified atom stereocenters. The second-order valence-corrected chi connectivity index (χ2v) is 6.23. The van der Waals surface area contributed by atoms with Crippen molar-refractivity contribution >= 4 is 40.8 Å². The topological polar surface area (TPSA) is 40.6 Å². The van der Waals surface area contributed by atoms with Crippen molar-refractivity contribution in [3.05, 3.63) is 64.1 Å². The van der Waals surface area contributed by atoms with Crippen LogP contribution in [0.25, 0.3) is 0 Å². The van der Waals surface area contributed by atoms with E-state index >= 15 is 0 Å². The van der Waals surface area contributed by atoms with E-state index in [2.05, 4.69) is 0 Å². The zero-order chi connectivity index (χ0) is 16.6. The van der Waals surface area contributed by atoms with Crippen LogP contribution in [0.15, 0.2) is 48.5 Å². The standard InChI is InChI=1S/C17H14Cl2N2O2/c1-11-16(22)20(10-12-3-2-4-14(19)9-12)17(23)21(11)15-7-5-13(18)6-8-15/h2-9,11H,10H2,1H3/t11-/m0/s1. The summed E-state index contributed by atoms with van der Waals surface area (Å²) in [4.78, 5) is 27.8. The molecule has 1 atom stereocenters. The van der Waals surface area contributed by atoms with E-state index in [-0.39, 0.29) is 18.5 Å². The third-order valence-electron chi connectivity index (χ3n) is 3.78. The van der Waals surface area contributed by atoms with Gasteiger partial charge in [0.15, 0.2) is 0 Å². The van der Waals surface area contributed by atoms with Gasteiger partial charge in [-0.3, -0.25) is 14.6 Å². The quantitative estimate of drug-likeness (QED) is 0.773. The predicted molar refractivity (Wildman–Crippen MR) is 90.8 cm³/mol. The van der Waals surface area contributed by atoms with Gasteiger partial charge < -0.3 is 0 Å². The SMILES string of the molecule is C[C@H]1C(=O)N(Cc2cccc(Cl)c2)C(=O)N1c1ccc(Cl)cc1. The summed E-state index contributed by atoms with van der Waals surface area (Å²) in [6.45, 7) is 1.92. The number of hydrogen-bond acceptors (Lipinski definition) is 2. The number of carbonyl (C=O) groups excluding carboxylic acids is 2. The summed E-state index contributed by atoms with van der Waals surface area (Å²) in [7, 11) is 0. The minimum absolute atomic E-state index is 0.201. The minimum Gasteiger partial charge on any atom is -0.282 e. The molecule has 1 fully saturated rings. The number of benzene rings is 2. The molecule has 1 aliphatic heterocycles. The van der Waals surface area contributed by atoms with Crippen LogP contribution in [0.3, 0.4) is 0 Å². The van der Waals surface area contributed by atoms with Crippen LogP contribution in [0, 0.1) is 0 Å². The molecule has 0 bridgehead atoms. The third kappa shape index (κ3) is 3.05. The molecule has 0 aromatic heterocycles. The molecule has 1 heterocycles. The molecule has 23 heavy (non-hydrogen) atoms. The third-order valence-corrected chi connectivity index (χ3v) is 4.27. The first-order valence-electron chi connectivity index (χ1n) is 7.12. The molecule has 1 aliphatic rings. The highest BCUT2D eigenvalue weighted by molar-refractivity contribution is 6.31. The molecule has 2 aromatic rings. The van der Waals surface area contributed by atoms with E-state index in [0.29, 0.717) is 15.7 Å².